The van der Waals surface area contributed by atoms with Crippen molar-refractivity contribution in [3.8, 4) is 5.75 Å². The topological polar surface area (TPSA) is 109 Å². The van der Waals surface area contributed by atoms with Crippen LogP contribution in [0.4, 0.5) is 5.69 Å². The quantitative estimate of drug-likeness (QED) is 0.500. The number of hydrogen-bond acceptors (Lipinski definition) is 7. The Morgan fingerprint density at radius 3 is 2.69 bits per heavy atom. The van der Waals surface area contributed by atoms with Gasteiger partial charge in [-0.2, -0.15) is 0 Å². The zero-order chi connectivity index (χ0) is 24.9. The second-order valence-corrected chi connectivity index (χ2v) is 10.5. The van der Waals surface area contributed by atoms with Crippen LogP contribution in [-0.2, 0) is 19.1 Å². The van der Waals surface area contributed by atoms with Crippen LogP contribution in [0.1, 0.15) is 56.4 Å². The van der Waals surface area contributed by atoms with E-state index in [9.17, 15) is 14.7 Å². The van der Waals surface area contributed by atoms with Gasteiger partial charge >= 0.3 is 0 Å². The van der Waals surface area contributed by atoms with E-state index >= 15 is 0 Å². The molecule has 1 aromatic rings. The van der Waals surface area contributed by atoms with Crippen LogP contribution >= 0.6 is 0 Å². The number of ether oxygens (including phenoxy) is 3. The Morgan fingerprint density at radius 2 is 1.92 bits per heavy atom. The van der Waals surface area contributed by atoms with Gasteiger partial charge in [0.2, 0.25) is 11.8 Å². The highest BCUT2D eigenvalue weighted by Crippen LogP contribution is 2.47. The van der Waals surface area contributed by atoms with Crippen molar-refractivity contribution in [1.29, 1.82) is 0 Å². The van der Waals surface area contributed by atoms with Crippen LogP contribution < -0.4 is 15.4 Å². The van der Waals surface area contributed by atoms with Gasteiger partial charge in [0.25, 0.3) is 0 Å². The van der Waals surface area contributed by atoms with Gasteiger partial charge in [0.15, 0.2) is 0 Å². The lowest BCUT2D eigenvalue weighted by molar-refractivity contribution is -0.142. The van der Waals surface area contributed by atoms with Gasteiger partial charge in [-0.1, -0.05) is 6.42 Å². The lowest BCUT2D eigenvalue weighted by Gasteiger charge is -2.37. The third-order valence-electron chi connectivity index (χ3n) is 7.97. The van der Waals surface area contributed by atoms with Crippen LogP contribution in [0.5, 0.6) is 5.75 Å². The van der Waals surface area contributed by atoms with E-state index in [0.29, 0.717) is 26.2 Å². The molecule has 0 unspecified atom stereocenters. The maximum Gasteiger partial charge on any atom is 0.227 e. The molecule has 4 heterocycles. The van der Waals surface area contributed by atoms with Crippen LogP contribution in [-0.4, -0.2) is 86.1 Å². The minimum atomic E-state index is -0.498. The fourth-order valence-electron chi connectivity index (χ4n) is 5.99. The number of anilines is 1. The molecule has 9 nitrogen and oxygen atoms in total. The summed E-state index contributed by atoms with van der Waals surface area (Å²) in [5.74, 6) is 0.715. The van der Waals surface area contributed by atoms with E-state index in [-0.39, 0.29) is 48.9 Å². The van der Waals surface area contributed by atoms with Crippen molar-refractivity contribution in [2.75, 3.05) is 51.3 Å². The molecule has 9 heteroatoms. The molecular weight excluding hydrogens is 462 g/mol. The number of carbonyl (C=O) groups excluding carboxylic acids is 2. The number of hydrogen-bond donors (Lipinski definition) is 3. The molecule has 0 aliphatic carbocycles. The number of likely N-dealkylation sites (tertiary alicyclic amines) is 1. The lowest BCUT2D eigenvalue weighted by Crippen LogP contribution is -2.47. The SMILES string of the molecule is O=C(C[C@@H]1C[C@@H]2c3cc(NC(=O)C4CCOCC4)ccc3O[C@@H]2[C@@H](CO)O1)NCCN1CCCCC1. The van der Waals surface area contributed by atoms with E-state index in [1.54, 1.807) is 0 Å². The van der Waals surface area contributed by atoms with Crippen LogP contribution in [0, 0.1) is 5.92 Å². The van der Waals surface area contributed by atoms with E-state index in [1.807, 2.05) is 18.2 Å². The summed E-state index contributed by atoms with van der Waals surface area (Å²) in [5.41, 5.74) is 1.75. The number of benzene rings is 1. The van der Waals surface area contributed by atoms with Gasteiger partial charge in [-0.25, -0.2) is 0 Å². The van der Waals surface area contributed by atoms with Crippen LogP contribution in [0.25, 0.3) is 0 Å². The molecule has 3 saturated heterocycles. The number of rotatable bonds is 8. The maximum absolute atomic E-state index is 12.7. The number of amides is 2. The van der Waals surface area contributed by atoms with Gasteiger partial charge in [-0.3, -0.25) is 9.59 Å². The van der Waals surface area contributed by atoms with Gasteiger partial charge in [0, 0.05) is 49.4 Å². The molecular formula is C27H39N3O6. The molecule has 0 aromatic heterocycles. The molecule has 0 bridgehead atoms. The van der Waals surface area contributed by atoms with E-state index in [2.05, 4.69) is 15.5 Å². The first-order chi connectivity index (χ1) is 17.6. The van der Waals surface area contributed by atoms with Crippen molar-refractivity contribution in [3.05, 3.63) is 23.8 Å². The Balaban J connectivity index is 1.18. The zero-order valence-corrected chi connectivity index (χ0v) is 21.0. The first kappa shape index (κ1) is 25.4. The van der Waals surface area contributed by atoms with E-state index in [4.69, 9.17) is 14.2 Å². The monoisotopic (exact) mass is 501 g/mol. The number of nitrogens with zero attached hydrogens (tertiary/aromatic N) is 1. The third-order valence-corrected chi connectivity index (χ3v) is 7.97. The summed E-state index contributed by atoms with van der Waals surface area (Å²) in [6.07, 6.45) is 5.04. The number of carbonyl (C=O) groups is 2. The average Bonchev–Trinajstić information content (AvgIpc) is 3.27. The lowest BCUT2D eigenvalue weighted by atomic mass is 9.84. The van der Waals surface area contributed by atoms with E-state index in [1.165, 1.54) is 19.3 Å². The highest BCUT2D eigenvalue weighted by atomic mass is 16.6. The van der Waals surface area contributed by atoms with Gasteiger partial charge in [-0.05, 0) is 63.4 Å². The normalized spacial score (nSPS) is 28.6. The Kier molecular flexibility index (Phi) is 8.41. The molecule has 4 atom stereocenters. The molecule has 3 fully saturated rings. The van der Waals surface area contributed by atoms with Gasteiger partial charge in [0.05, 0.1) is 19.1 Å². The highest BCUT2D eigenvalue weighted by Gasteiger charge is 2.46. The Labute approximate surface area is 212 Å². The standard InChI is InChI=1S/C27H39N3O6/c31-17-24-26-22(15-20(35-24)16-25(32)28-8-11-30-9-2-1-3-10-30)21-14-19(4-5-23(21)36-26)29-27(33)18-6-12-34-13-7-18/h4-5,14,18,20,22,24,26,31H,1-3,6-13,15-17H2,(H,28,32)(H,29,33)/t20-,22+,24+,26-/m0/s1. The molecule has 198 valence electrons. The van der Waals surface area contributed by atoms with Crippen LogP contribution in [0.2, 0.25) is 0 Å². The van der Waals surface area contributed by atoms with Crippen molar-refractivity contribution < 1.29 is 28.9 Å². The molecule has 0 saturated carbocycles. The molecule has 3 N–H and O–H groups in total. The maximum atomic E-state index is 12.7. The minimum absolute atomic E-state index is 0.00279. The van der Waals surface area contributed by atoms with Crippen LogP contribution in [0.15, 0.2) is 18.2 Å². The fourth-order valence-corrected chi connectivity index (χ4v) is 5.99. The number of piperidine rings is 1. The van der Waals surface area contributed by atoms with Crippen molar-refractivity contribution in [3.63, 3.8) is 0 Å². The molecule has 2 amide bonds. The minimum Gasteiger partial charge on any atom is -0.487 e. The molecule has 0 spiro atoms. The van der Waals surface area contributed by atoms with Crippen LogP contribution in [0.3, 0.4) is 0 Å². The molecule has 5 rings (SSSR count). The van der Waals surface area contributed by atoms with Crippen molar-refractivity contribution >= 4 is 17.5 Å². The summed E-state index contributed by atoms with van der Waals surface area (Å²) < 4.78 is 17.6. The predicted octanol–water partition coefficient (Wildman–Crippen LogP) is 2.04. The highest BCUT2D eigenvalue weighted by molar-refractivity contribution is 5.92. The molecule has 1 aromatic carbocycles. The van der Waals surface area contributed by atoms with Gasteiger partial charge in [-0.15, -0.1) is 0 Å². The molecule has 4 aliphatic heterocycles. The Morgan fingerprint density at radius 1 is 1.11 bits per heavy atom. The summed E-state index contributed by atoms with van der Waals surface area (Å²) in [4.78, 5) is 27.8. The average molecular weight is 502 g/mol. The number of aliphatic hydroxyl groups is 1. The summed E-state index contributed by atoms with van der Waals surface area (Å²) in [6, 6.07) is 5.71. The van der Waals surface area contributed by atoms with Crippen molar-refractivity contribution in [2.24, 2.45) is 5.92 Å². The summed E-state index contributed by atoms with van der Waals surface area (Å²) >= 11 is 0. The largest absolute Gasteiger partial charge is 0.487 e. The van der Waals surface area contributed by atoms with Gasteiger partial charge in [0.1, 0.15) is 18.0 Å². The molecule has 0 radical (unpaired) electrons. The first-order valence-corrected chi connectivity index (χ1v) is 13.6. The predicted molar refractivity (Wildman–Crippen MR) is 134 cm³/mol. The van der Waals surface area contributed by atoms with Crippen molar-refractivity contribution in [2.45, 2.75) is 69.2 Å². The molecule has 36 heavy (non-hydrogen) atoms. The summed E-state index contributed by atoms with van der Waals surface area (Å²) in [5, 5.41) is 16.1. The number of fused-ring (bicyclic) bond motifs is 3. The summed E-state index contributed by atoms with van der Waals surface area (Å²) in [7, 11) is 0. The van der Waals surface area contributed by atoms with Crippen molar-refractivity contribution in [1.82, 2.24) is 10.2 Å². The number of aliphatic hydroxyl groups excluding tert-OH is 1. The fraction of sp³-hybridized carbons (Fsp3) is 0.704. The first-order valence-electron chi connectivity index (χ1n) is 13.6. The smallest absolute Gasteiger partial charge is 0.227 e. The summed E-state index contributed by atoms with van der Waals surface area (Å²) in [6.45, 7) is 4.81. The van der Waals surface area contributed by atoms with E-state index < -0.39 is 6.10 Å². The zero-order valence-electron chi connectivity index (χ0n) is 21.0. The van der Waals surface area contributed by atoms with Gasteiger partial charge < -0.3 is 34.9 Å². The Bertz CT molecular complexity index is 915. The number of nitrogens with one attached hydrogen (secondary N) is 2. The third kappa shape index (κ3) is 6.02. The second-order valence-electron chi connectivity index (χ2n) is 10.5. The van der Waals surface area contributed by atoms with E-state index in [0.717, 1.165) is 49.5 Å². The molecule has 4 aliphatic rings. The second kappa shape index (κ2) is 11.9. The Hall–Kier alpha value is -2.20.